The summed E-state index contributed by atoms with van der Waals surface area (Å²) in [5.41, 5.74) is 0.338. The van der Waals surface area contributed by atoms with Crippen molar-refractivity contribution >= 4 is 0 Å². The van der Waals surface area contributed by atoms with Gasteiger partial charge in [0, 0.05) is 19.1 Å². The Kier molecular flexibility index (Phi) is 15.0. The molecule has 3 nitrogen and oxygen atoms in total. The van der Waals surface area contributed by atoms with E-state index in [2.05, 4.69) is 6.92 Å². The topological polar surface area (TPSA) is 38.7 Å². The molecule has 0 aromatic heterocycles. The number of aliphatic hydroxyl groups is 1. The van der Waals surface area contributed by atoms with Crippen LogP contribution in [0.4, 0.5) is 13.2 Å². The maximum atomic E-state index is 12.7. The van der Waals surface area contributed by atoms with Crippen molar-refractivity contribution in [3.05, 3.63) is 35.4 Å². The number of aryl methyl sites for hydroxylation is 1. The van der Waals surface area contributed by atoms with E-state index >= 15 is 0 Å². The third-order valence-corrected chi connectivity index (χ3v) is 6.17. The zero-order valence-corrected chi connectivity index (χ0v) is 20.9. The summed E-state index contributed by atoms with van der Waals surface area (Å²) in [5.74, 6) is -1.58. The van der Waals surface area contributed by atoms with Crippen LogP contribution in [0, 0.1) is 5.92 Å². The molecule has 0 saturated heterocycles. The summed E-state index contributed by atoms with van der Waals surface area (Å²) in [7, 11) is 0. The first-order valence-corrected chi connectivity index (χ1v) is 12.9. The second-order valence-electron chi connectivity index (χ2n) is 8.90. The molecule has 1 unspecified atom stereocenters. The maximum absolute atomic E-state index is 12.7. The van der Waals surface area contributed by atoms with Crippen LogP contribution >= 0.6 is 0 Å². The smallest absolute Gasteiger partial charge is 0.343 e. The van der Waals surface area contributed by atoms with Gasteiger partial charge < -0.3 is 14.6 Å². The Labute approximate surface area is 199 Å². The van der Waals surface area contributed by atoms with Crippen LogP contribution in [-0.4, -0.2) is 24.3 Å². The molecular weight excluding hydrogens is 429 g/mol. The van der Waals surface area contributed by atoms with Crippen LogP contribution in [0.15, 0.2) is 24.3 Å². The van der Waals surface area contributed by atoms with Gasteiger partial charge in [-0.25, -0.2) is 0 Å². The fourth-order valence-corrected chi connectivity index (χ4v) is 4.31. The van der Waals surface area contributed by atoms with Crippen LogP contribution in [0.5, 0.6) is 0 Å². The number of benzene rings is 1. The summed E-state index contributed by atoms with van der Waals surface area (Å²) < 4.78 is 49.3. The molecule has 0 radical (unpaired) electrons. The van der Waals surface area contributed by atoms with Crippen molar-refractivity contribution in [1.82, 2.24) is 0 Å². The molecule has 1 aromatic rings. The lowest BCUT2D eigenvalue weighted by Crippen LogP contribution is -2.44. The molecule has 0 amide bonds. The van der Waals surface area contributed by atoms with Crippen molar-refractivity contribution < 1.29 is 27.8 Å². The molecule has 0 saturated carbocycles. The molecule has 1 aromatic carbocycles. The minimum atomic E-state index is -4.28. The average molecular weight is 475 g/mol. The third kappa shape index (κ3) is 12.2. The van der Waals surface area contributed by atoms with Crippen LogP contribution in [0.2, 0.25) is 0 Å². The number of rotatable bonds is 19. The predicted molar refractivity (Wildman–Crippen MR) is 128 cm³/mol. The second-order valence-corrected chi connectivity index (χ2v) is 8.90. The zero-order chi connectivity index (χ0) is 24.6. The lowest BCUT2D eigenvalue weighted by molar-refractivity contribution is -0.385. The number of hydrogen-bond donors (Lipinski definition) is 1. The molecule has 6 heteroatoms. The Balaban J connectivity index is 2.43. The lowest BCUT2D eigenvalue weighted by Gasteiger charge is -2.35. The fourth-order valence-electron chi connectivity index (χ4n) is 4.31. The Morgan fingerprint density at radius 1 is 0.727 bits per heavy atom. The Morgan fingerprint density at radius 3 is 1.70 bits per heavy atom. The van der Waals surface area contributed by atoms with Crippen LogP contribution in [0.25, 0.3) is 0 Å². The zero-order valence-electron chi connectivity index (χ0n) is 20.9. The number of halogens is 3. The minimum Gasteiger partial charge on any atom is -0.343 e. The highest BCUT2D eigenvalue weighted by molar-refractivity contribution is 5.24. The predicted octanol–water partition coefficient (Wildman–Crippen LogP) is 8.28. The van der Waals surface area contributed by atoms with Gasteiger partial charge in [-0.15, -0.1) is 0 Å². The minimum absolute atomic E-state index is 0.0570. The molecule has 0 spiro atoms. The van der Waals surface area contributed by atoms with E-state index in [1.54, 1.807) is 12.1 Å². The SMILES string of the molecule is CCCCCCCCC(CCCCCCc1ccc(C(F)(F)F)cc1)C(O)(OCC)OCC. The summed E-state index contributed by atoms with van der Waals surface area (Å²) in [4.78, 5) is 0. The van der Waals surface area contributed by atoms with Gasteiger partial charge in [-0.1, -0.05) is 76.8 Å². The summed E-state index contributed by atoms with van der Waals surface area (Å²) in [5, 5.41) is 11.0. The first-order chi connectivity index (χ1) is 15.8. The highest BCUT2D eigenvalue weighted by Gasteiger charge is 2.38. The number of alkyl halides is 3. The highest BCUT2D eigenvalue weighted by Crippen LogP contribution is 2.32. The van der Waals surface area contributed by atoms with Crippen molar-refractivity contribution in [2.75, 3.05) is 13.2 Å². The second kappa shape index (κ2) is 16.5. The van der Waals surface area contributed by atoms with Crippen LogP contribution in [-0.2, 0) is 22.1 Å². The van der Waals surface area contributed by atoms with Gasteiger partial charge in [0.05, 0.1) is 5.56 Å². The maximum Gasteiger partial charge on any atom is 0.416 e. The first-order valence-electron chi connectivity index (χ1n) is 12.9. The molecule has 0 aliphatic carbocycles. The highest BCUT2D eigenvalue weighted by atomic mass is 19.4. The van der Waals surface area contributed by atoms with Crippen LogP contribution < -0.4 is 0 Å². The van der Waals surface area contributed by atoms with Gasteiger partial charge in [-0.2, -0.15) is 13.2 Å². The monoisotopic (exact) mass is 474 g/mol. The van der Waals surface area contributed by atoms with Crippen LogP contribution in [0.1, 0.15) is 109 Å². The molecule has 192 valence electrons. The first kappa shape index (κ1) is 29.9. The van der Waals surface area contributed by atoms with Gasteiger partial charge in [-0.3, -0.25) is 0 Å². The quantitative estimate of drug-likeness (QED) is 0.162. The van der Waals surface area contributed by atoms with Crippen molar-refractivity contribution in [3.8, 4) is 0 Å². The molecule has 1 atom stereocenters. The van der Waals surface area contributed by atoms with E-state index in [-0.39, 0.29) is 5.92 Å². The van der Waals surface area contributed by atoms with E-state index in [4.69, 9.17) is 9.47 Å². The summed E-state index contributed by atoms with van der Waals surface area (Å²) in [6, 6.07) is 5.46. The van der Waals surface area contributed by atoms with E-state index in [9.17, 15) is 18.3 Å². The van der Waals surface area contributed by atoms with Crippen molar-refractivity contribution in [3.63, 3.8) is 0 Å². The number of unbranched alkanes of at least 4 members (excludes halogenated alkanes) is 8. The van der Waals surface area contributed by atoms with Gasteiger partial charge in [0.2, 0.25) is 0 Å². The van der Waals surface area contributed by atoms with Crippen molar-refractivity contribution in [2.45, 2.75) is 116 Å². The van der Waals surface area contributed by atoms with E-state index < -0.39 is 17.7 Å². The van der Waals surface area contributed by atoms with Crippen molar-refractivity contribution in [2.24, 2.45) is 5.92 Å². The Hall–Kier alpha value is -1.11. The molecule has 1 N–H and O–H groups in total. The third-order valence-electron chi connectivity index (χ3n) is 6.17. The summed E-state index contributed by atoms with van der Waals surface area (Å²) in [6.07, 6.45) is 9.37. The molecule has 0 aliphatic heterocycles. The van der Waals surface area contributed by atoms with E-state index in [0.717, 1.165) is 75.5 Å². The van der Waals surface area contributed by atoms with Gasteiger partial charge in [0.15, 0.2) is 0 Å². The van der Waals surface area contributed by atoms with Gasteiger partial charge in [-0.05, 0) is 57.2 Å². The van der Waals surface area contributed by atoms with Crippen molar-refractivity contribution in [1.29, 1.82) is 0 Å². The molecule has 0 heterocycles. The van der Waals surface area contributed by atoms with E-state index in [0.29, 0.717) is 13.2 Å². The standard InChI is InChI=1S/C27H45F3O3/c1-4-7-8-9-10-14-17-25(27(31,32-5-2)33-6-3)18-15-12-11-13-16-23-19-21-24(22-20-23)26(28,29)30/h19-22,25,31H,4-18H2,1-3H3. The van der Waals surface area contributed by atoms with E-state index in [1.165, 1.54) is 25.7 Å². The molecule has 33 heavy (non-hydrogen) atoms. The van der Waals surface area contributed by atoms with Gasteiger partial charge in [0.25, 0.3) is 5.97 Å². The average Bonchev–Trinajstić information content (AvgIpc) is 2.77. The molecule has 0 aliphatic rings. The van der Waals surface area contributed by atoms with Gasteiger partial charge >= 0.3 is 6.18 Å². The largest absolute Gasteiger partial charge is 0.416 e. The van der Waals surface area contributed by atoms with Crippen LogP contribution in [0.3, 0.4) is 0 Å². The molecule has 0 bridgehead atoms. The molecular formula is C27H45F3O3. The molecule has 0 fully saturated rings. The number of ether oxygens (including phenoxy) is 2. The number of hydrogen-bond acceptors (Lipinski definition) is 3. The fraction of sp³-hybridized carbons (Fsp3) is 0.778. The van der Waals surface area contributed by atoms with Gasteiger partial charge in [0.1, 0.15) is 0 Å². The normalized spacial score (nSPS) is 13.4. The molecule has 1 rings (SSSR count). The van der Waals surface area contributed by atoms with E-state index in [1.807, 2.05) is 13.8 Å². The Morgan fingerprint density at radius 2 is 1.21 bits per heavy atom. The Bertz CT molecular complexity index is 596. The summed E-state index contributed by atoms with van der Waals surface area (Å²) in [6.45, 7) is 6.75. The lowest BCUT2D eigenvalue weighted by atomic mass is 9.91. The summed E-state index contributed by atoms with van der Waals surface area (Å²) >= 11 is 0.